The molecule has 1 aromatic heterocycles. The molecule has 3 atom stereocenters. The summed E-state index contributed by atoms with van der Waals surface area (Å²) in [6.45, 7) is 3.97. The van der Waals surface area contributed by atoms with Crippen LogP contribution >= 0.6 is 0 Å². The van der Waals surface area contributed by atoms with Gasteiger partial charge in [-0.1, -0.05) is 19.0 Å². The van der Waals surface area contributed by atoms with Crippen LogP contribution in [0.3, 0.4) is 0 Å². The number of aliphatic carboxylic acids is 1. The minimum absolute atomic E-state index is 0.112. The highest BCUT2D eigenvalue weighted by atomic mass is 16.5. The third-order valence-corrected chi connectivity index (χ3v) is 4.78. The molecule has 1 aromatic rings. The molecule has 0 spiro atoms. The quantitative estimate of drug-likeness (QED) is 0.832. The molecule has 0 radical (unpaired) electrons. The third-order valence-electron chi connectivity index (χ3n) is 4.78. The third kappa shape index (κ3) is 3.54. The van der Waals surface area contributed by atoms with Crippen molar-refractivity contribution >= 4 is 11.9 Å². The van der Waals surface area contributed by atoms with E-state index < -0.39 is 11.9 Å². The summed E-state index contributed by atoms with van der Waals surface area (Å²) in [5, 5.41) is 16.0. The van der Waals surface area contributed by atoms with E-state index in [2.05, 4.69) is 15.5 Å². The maximum Gasteiger partial charge on any atom is 0.306 e. The molecule has 7 nitrogen and oxygen atoms in total. The fraction of sp³-hybridized carbons (Fsp3) is 0.750. The van der Waals surface area contributed by atoms with E-state index in [1.807, 2.05) is 13.8 Å². The summed E-state index contributed by atoms with van der Waals surface area (Å²) in [7, 11) is 0. The zero-order chi connectivity index (χ0) is 16.6. The Morgan fingerprint density at radius 2 is 1.91 bits per heavy atom. The Balaban J connectivity index is 1.64. The molecule has 126 valence electrons. The molecule has 1 heterocycles. The van der Waals surface area contributed by atoms with Gasteiger partial charge in [0.1, 0.15) is 6.04 Å². The van der Waals surface area contributed by atoms with E-state index in [9.17, 15) is 9.59 Å². The van der Waals surface area contributed by atoms with Crippen LogP contribution in [0.15, 0.2) is 4.52 Å². The van der Waals surface area contributed by atoms with Gasteiger partial charge in [-0.15, -0.1) is 0 Å². The second-order valence-corrected chi connectivity index (χ2v) is 7.04. The molecule has 0 aliphatic heterocycles. The number of hydrogen-bond donors (Lipinski definition) is 2. The zero-order valence-corrected chi connectivity index (χ0v) is 13.5. The van der Waals surface area contributed by atoms with Crippen molar-refractivity contribution in [3.63, 3.8) is 0 Å². The van der Waals surface area contributed by atoms with Gasteiger partial charge in [0, 0.05) is 11.8 Å². The summed E-state index contributed by atoms with van der Waals surface area (Å²) in [6, 6.07) is -0.327. The van der Waals surface area contributed by atoms with Crippen LogP contribution in [-0.2, 0) is 9.59 Å². The topological polar surface area (TPSA) is 105 Å². The smallest absolute Gasteiger partial charge is 0.306 e. The number of nitrogens with zero attached hydrogens (tertiary/aromatic N) is 2. The zero-order valence-electron chi connectivity index (χ0n) is 13.5. The maximum absolute atomic E-state index is 12.5. The van der Waals surface area contributed by atoms with Gasteiger partial charge >= 0.3 is 5.97 Å². The normalized spacial score (nSPS) is 25.5. The molecule has 0 bridgehead atoms. The van der Waals surface area contributed by atoms with Crippen LogP contribution < -0.4 is 5.32 Å². The van der Waals surface area contributed by atoms with E-state index in [-0.39, 0.29) is 23.8 Å². The highest BCUT2D eigenvalue weighted by molar-refractivity contribution is 5.81. The summed E-state index contributed by atoms with van der Waals surface area (Å²) in [5.74, 6) is 0.113. The monoisotopic (exact) mass is 321 g/mol. The van der Waals surface area contributed by atoms with E-state index in [0.29, 0.717) is 31.1 Å². The van der Waals surface area contributed by atoms with E-state index in [1.165, 1.54) is 0 Å². The van der Waals surface area contributed by atoms with Gasteiger partial charge < -0.3 is 14.9 Å². The molecule has 0 saturated heterocycles. The van der Waals surface area contributed by atoms with Crippen molar-refractivity contribution in [2.24, 2.45) is 17.8 Å². The fourth-order valence-electron chi connectivity index (χ4n) is 3.11. The van der Waals surface area contributed by atoms with Crippen LogP contribution in [0, 0.1) is 17.8 Å². The molecule has 7 heteroatoms. The summed E-state index contributed by atoms with van der Waals surface area (Å²) >= 11 is 0. The number of hydrogen-bond acceptors (Lipinski definition) is 5. The minimum atomic E-state index is -0.813. The lowest BCUT2D eigenvalue weighted by atomic mass is 10.0. The van der Waals surface area contributed by atoms with Crippen molar-refractivity contribution in [3.8, 4) is 0 Å². The van der Waals surface area contributed by atoms with E-state index >= 15 is 0 Å². The Bertz CT molecular complexity index is 594. The Labute approximate surface area is 134 Å². The first-order valence-electron chi connectivity index (χ1n) is 8.32. The lowest BCUT2D eigenvalue weighted by Crippen LogP contribution is -2.36. The number of rotatable bonds is 6. The van der Waals surface area contributed by atoms with Gasteiger partial charge in [0.05, 0.1) is 5.92 Å². The molecular weight excluding hydrogens is 298 g/mol. The van der Waals surface area contributed by atoms with Crippen LogP contribution in [0.2, 0.25) is 0 Å². The Morgan fingerprint density at radius 1 is 1.22 bits per heavy atom. The average Bonchev–Trinajstić information content (AvgIpc) is 3.04. The van der Waals surface area contributed by atoms with Crippen molar-refractivity contribution in [2.45, 2.75) is 57.9 Å². The van der Waals surface area contributed by atoms with E-state index in [1.54, 1.807) is 0 Å². The first-order valence-corrected chi connectivity index (χ1v) is 8.32. The van der Waals surface area contributed by atoms with E-state index in [4.69, 9.17) is 9.63 Å². The highest BCUT2D eigenvalue weighted by Gasteiger charge is 2.36. The number of carboxylic acids is 1. The molecule has 23 heavy (non-hydrogen) atoms. The lowest BCUT2D eigenvalue weighted by Gasteiger charge is -2.20. The van der Waals surface area contributed by atoms with Crippen LogP contribution in [0.5, 0.6) is 0 Å². The van der Waals surface area contributed by atoms with Gasteiger partial charge in [0.15, 0.2) is 5.82 Å². The standard InChI is InChI=1S/C16H23N3O4/c1-8(2)12(15-18-13(19-23-15)9-3-4-9)17-14(20)10-5-6-11(7-10)16(21)22/h8-12H,3-7H2,1-2H3,(H,17,20)(H,21,22)/t10-,11+,12?/m1/s1. The Hall–Kier alpha value is -1.92. The number of carboxylic acid groups (broad SMARTS) is 1. The molecule has 1 unspecified atom stereocenters. The van der Waals surface area contributed by atoms with Crippen LogP contribution in [0.4, 0.5) is 0 Å². The van der Waals surface area contributed by atoms with Gasteiger partial charge in [-0.3, -0.25) is 9.59 Å². The van der Waals surface area contributed by atoms with Crippen LogP contribution in [-0.4, -0.2) is 27.1 Å². The second kappa shape index (κ2) is 6.29. The van der Waals surface area contributed by atoms with E-state index in [0.717, 1.165) is 18.7 Å². The Morgan fingerprint density at radius 3 is 2.48 bits per heavy atom. The molecule has 2 saturated carbocycles. The van der Waals surface area contributed by atoms with Crippen LogP contribution in [0.25, 0.3) is 0 Å². The number of carbonyl (C=O) groups is 2. The number of nitrogens with one attached hydrogen (secondary N) is 1. The SMILES string of the molecule is CC(C)C(NC(=O)[C@@H]1CC[C@H](C(=O)O)C1)c1nc(C2CC2)no1. The highest BCUT2D eigenvalue weighted by Crippen LogP contribution is 2.39. The molecule has 3 rings (SSSR count). The largest absolute Gasteiger partial charge is 0.481 e. The maximum atomic E-state index is 12.5. The molecule has 2 N–H and O–H groups in total. The first kappa shape index (κ1) is 16.0. The number of aromatic nitrogens is 2. The second-order valence-electron chi connectivity index (χ2n) is 7.04. The van der Waals surface area contributed by atoms with Gasteiger partial charge in [0.2, 0.25) is 11.8 Å². The average molecular weight is 321 g/mol. The first-order chi connectivity index (χ1) is 11.0. The van der Waals surface area contributed by atoms with Gasteiger partial charge in [0.25, 0.3) is 0 Å². The summed E-state index contributed by atoms with van der Waals surface area (Å²) in [4.78, 5) is 27.9. The predicted molar refractivity (Wildman–Crippen MR) is 80.5 cm³/mol. The minimum Gasteiger partial charge on any atom is -0.481 e. The van der Waals surface area contributed by atoms with Crippen molar-refractivity contribution < 1.29 is 19.2 Å². The van der Waals surface area contributed by atoms with Crippen molar-refractivity contribution in [1.82, 2.24) is 15.5 Å². The van der Waals surface area contributed by atoms with Crippen molar-refractivity contribution in [1.29, 1.82) is 0 Å². The summed E-state index contributed by atoms with van der Waals surface area (Å²) in [5.41, 5.74) is 0. The predicted octanol–water partition coefficient (Wildman–Crippen LogP) is 2.26. The fourth-order valence-corrected chi connectivity index (χ4v) is 3.11. The van der Waals surface area contributed by atoms with Crippen LogP contribution in [0.1, 0.15) is 69.6 Å². The van der Waals surface area contributed by atoms with Crippen molar-refractivity contribution in [3.05, 3.63) is 11.7 Å². The summed E-state index contributed by atoms with van der Waals surface area (Å²) < 4.78 is 5.34. The molecule has 2 aliphatic rings. The Kier molecular flexibility index (Phi) is 4.37. The van der Waals surface area contributed by atoms with Crippen molar-refractivity contribution in [2.75, 3.05) is 0 Å². The number of carbonyl (C=O) groups excluding carboxylic acids is 1. The van der Waals surface area contributed by atoms with Gasteiger partial charge in [-0.25, -0.2) is 0 Å². The number of amides is 1. The molecule has 0 aromatic carbocycles. The molecule has 1 amide bonds. The summed E-state index contributed by atoms with van der Waals surface area (Å²) in [6.07, 6.45) is 3.77. The van der Waals surface area contributed by atoms with Gasteiger partial charge in [-0.05, 0) is 38.0 Å². The van der Waals surface area contributed by atoms with Gasteiger partial charge in [-0.2, -0.15) is 4.98 Å². The molecule has 2 fully saturated rings. The lowest BCUT2D eigenvalue weighted by molar-refractivity contribution is -0.141. The molecule has 2 aliphatic carbocycles. The molecular formula is C16H23N3O4.